The Bertz CT molecular complexity index is 365. The molecule has 2 rings (SSSR count). The monoisotopic (exact) mass is 221 g/mol. The molecule has 1 aliphatic heterocycles. The standard InChI is InChI=1S/C13H19NO2/c1-9-3-4-10(2)12(7-9)16-13-8-15-6-5-11(13)14/h3-4,7,11,13H,5-6,8,14H2,1-2H3. The topological polar surface area (TPSA) is 44.5 Å². The number of rotatable bonds is 2. The third-order valence-electron chi connectivity index (χ3n) is 2.98. The van der Waals surface area contributed by atoms with E-state index in [2.05, 4.69) is 25.1 Å². The molecule has 1 fully saturated rings. The second-order valence-corrected chi connectivity index (χ2v) is 4.45. The molecule has 1 saturated heterocycles. The van der Waals surface area contributed by atoms with E-state index < -0.39 is 0 Å². The maximum atomic E-state index is 6.01. The predicted molar refractivity (Wildman–Crippen MR) is 63.7 cm³/mol. The van der Waals surface area contributed by atoms with E-state index in [4.69, 9.17) is 15.2 Å². The molecular weight excluding hydrogens is 202 g/mol. The van der Waals surface area contributed by atoms with E-state index in [1.54, 1.807) is 0 Å². The first kappa shape index (κ1) is 11.4. The van der Waals surface area contributed by atoms with Gasteiger partial charge in [0, 0.05) is 12.6 Å². The molecule has 0 saturated carbocycles. The molecule has 1 heterocycles. The fraction of sp³-hybridized carbons (Fsp3) is 0.538. The van der Waals surface area contributed by atoms with Crippen LogP contribution in [0.4, 0.5) is 0 Å². The highest BCUT2D eigenvalue weighted by Crippen LogP contribution is 2.22. The summed E-state index contributed by atoms with van der Waals surface area (Å²) in [4.78, 5) is 0. The number of aryl methyl sites for hydroxylation is 2. The molecule has 3 nitrogen and oxygen atoms in total. The van der Waals surface area contributed by atoms with Crippen molar-refractivity contribution in [3.63, 3.8) is 0 Å². The summed E-state index contributed by atoms with van der Waals surface area (Å²) in [7, 11) is 0. The smallest absolute Gasteiger partial charge is 0.137 e. The van der Waals surface area contributed by atoms with Crippen LogP contribution in [-0.4, -0.2) is 25.4 Å². The van der Waals surface area contributed by atoms with E-state index in [1.807, 2.05) is 6.92 Å². The Morgan fingerprint density at radius 2 is 2.19 bits per heavy atom. The molecule has 3 heteroatoms. The van der Waals surface area contributed by atoms with E-state index in [9.17, 15) is 0 Å². The maximum Gasteiger partial charge on any atom is 0.137 e. The average molecular weight is 221 g/mol. The molecule has 88 valence electrons. The minimum atomic E-state index is -0.0192. The largest absolute Gasteiger partial charge is 0.486 e. The summed E-state index contributed by atoms with van der Waals surface area (Å²) >= 11 is 0. The number of nitrogens with two attached hydrogens (primary N) is 1. The van der Waals surface area contributed by atoms with Crippen LogP contribution in [-0.2, 0) is 4.74 Å². The lowest BCUT2D eigenvalue weighted by Gasteiger charge is -2.29. The molecule has 2 atom stereocenters. The van der Waals surface area contributed by atoms with Gasteiger partial charge in [-0.1, -0.05) is 12.1 Å². The molecule has 2 unspecified atom stereocenters. The summed E-state index contributed by atoms with van der Waals surface area (Å²) in [5.41, 5.74) is 8.35. The first-order chi connectivity index (χ1) is 7.66. The Morgan fingerprint density at radius 1 is 1.38 bits per heavy atom. The molecule has 0 aromatic heterocycles. The summed E-state index contributed by atoms with van der Waals surface area (Å²) in [5.74, 6) is 0.922. The van der Waals surface area contributed by atoms with Gasteiger partial charge in [0.2, 0.25) is 0 Å². The Kier molecular flexibility index (Phi) is 3.46. The molecule has 2 N–H and O–H groups in total. The van der Waals surface area contributed by atoms with E-state index in [0.29, 0.717) is 6.61 Å². The Hall–Kier alpha value is -1.06. The zero-order valence-corrected chi connectivity index (χ0v) is 9.90. The lowest BCUT2D eigenvalue weighted by molar-refractivity contribution is -0.00559. The molecule has 0 amide bonds. The molecular formula is C13H19NO2. The lowest BCUT2D eigenvalue weighted by Crippen LogP contribution is -2.46. The number of hydrogen-bond acceptors (Lipinski definition) is 3. The molecule has 0 radical (unpaired) electrons. The molecule has 1 aliphatic rings. The first-order valence-electron chi connectivity index (χ1n) is 5.74. The summed E-state index contributed by atoms with van der Waals surface area (Å²) in [6.07, 6.45) is 0.851. The Labute approximate surface area is 96.5 Å². The summed E-state index contributed by atoms with van der Waals surface area (Å²) in [6, 6.07) is 6.28. The van der Waals surface area contributed by atoms with Gasteiger partial charge in [0.1, 0.15) is 11.9 Å². The molecule has 1 aromatic rings. The summed E-state index contributed by atoms with van der Waals surface area (Å²) < 4.78 is 11.3. The zero-order valence-electron chi connectivity index (χ0n) is 9.90. The van der Waals surface area contributed by atoms with Gasteiger partial charge in [0.05, 0.1) is 6.61 Å². The number of hydrogen-bond donors (Lipinski definition) is 1. The fourth-order valence-corrected chi connectivity index (χ4v) is 1.85. The molecule has 0 spiro atoms. The highest BCUT2D eigenvalue weighted by Gasteiger charge is 2.24. The van der Waals surface area contributed by atoms with Gasteiger partial charge < -0.3 is 15.2 Å². The third-order valence-corrected chi connectivity index (χ3v) is 2.98. The molecule has 16 heavy (non-hydrogen) atoms. The molecule has 0 bridgehead atoms. The Morgan fingerprint density at radius 3 is 2.94 bits per heavy atom. The third kappa shape index (κ3) is 2.54. The van der Waals surface area contributed by atoms with Gasteiger partial charge in [-0.2, -0.15) is 0 Å². The van der Waals surface area contributed by atoms with Gasteiger partial charge >= 0.3 is 0 Å². The maximum absolute atomic E-state index is 6.01. The predicted octanol–water partition coefficient (Wildman–Crippen LogP) is 1.80. The minimum absolute atomic E-state index is 0.0192. The van der Waals surface area contributed by atoms with Gasteiger partial charge in [0.25, 0.3) is 0 Å². The highest BCUT2D eigenvalue weighted by molar-refractivity contribution is 5.36. The van der Waals surface area contributed by atoms with Gasteiger partial charge in [-0.3, -0.25) is 0 Å². The molecule has 0 aliphatic carbocycles. The Balaban J connectivity index is 2.10. The van der Waals surface area contributed by atoms with Gasteiger partial charge in [-0.05, 0) is 37.5 Å². The SMILES string of the molecule is Cc1ccc(C)c(OC2COCCC2N)c1. The quantitative estimate of drug-likeness (QED) is 0.828. The van der Waals surface area contributed by atoms with E-state index in [-0.39, 0.29) is 12.1 Å². The summed E-state index contributed by atoms with van der Waals surface area (Å²) in [6.45, 7) is 5.44. The number of benzene rings is 1. The van der Waals surface area contributed by atoms with E-state index in [0.717, 1.165) is 24.3 Å². The number of ether oxygens (including phenoxy) is 2. The van der Waals surface area contributed by atoms with E-state index >= 15 is 0 Å². The van der Waals surface area contributed by atoms with Gasteiger partial charge in [-0.15, -0.1) is 0 Å². The van der Waals surface area contributed by atoms with Crippen molar-refractivity contribution >= 4 is 0 Å². The summed E-state index contributed by atoms with van der Waals surface area (Å²) in [5, 5.41) is 0. The van der Waals surface area contributed by atoms with Crippen molar-refractivity contribution < 1.29 is 9.47 Å². The van der Waals surface area contributed by atoms with Gasteiger partial charge in [0.15, 0.2) is 0 Å². The zero-order chi connectivity index (χ0) is 11.5. The first-order valence-corrected chi connectivity index (χ1v) is 5.74. The minimum Gasteiger partial charge on any atom is -0.486 e. The van der Waals surface area contributed by atoms with E-state index in [1.165, 1.54) is 5.56 Å². The van der Waals surface area contributed by atoms with Crippen molar-refractivity contribution in [2.24, 2.45) is 5.73 Å². The van der Waals surface area contributed by atoms with Crippen molar-refractivity contribution in [2.45, 2.75) is 32.4 Å². The van der Waals surface area contributed by atoms with Crippen LogP contribution in [0, 0.1) is 13.8 Å². The van der Waals surface area contributed by atoms with Crippen LogP contribution in [0.25, 0.3) is 0 Å². The van der Waals surface area contributed by atoms with Crippen molar-refractivity contribution in [3.8, 4) is 5.75 Å². The van der Waals surface area contributed by atoms with Crippen LogP contribution in [0.3, 0.4) is 0 Å². The van der Waals surface area contributed by atoms with Crippen LogP contribution < -0.4 is 10.5 Å². The highest BCUT2D eigenvalue weighted by atomic mass is 16.5. The van der Waals surface area contributed by atoms with Crippen LogP contribution >= 0.6 is 0 Å². The van der Waals surface area contributed by atoms with Gasteiger partial charge in [-0.25, -0.2) is 0 Å². The second kappa shape index (κ2) is 4.85. The average Bonchev–Trinajstić information content (AvgIpc) is 2.27. The lowest BCUT2D eigenvalue weighted by atomic mass is 10.1. The van der Waals surface area contributed by atoms with Crippen molar-refractivity contribution in [2.75, 3.05) is 13.2 Å². The fourth-order valence-electron chi connectivity index (χ4n) is 1.85. The van der Waals surface area contributed by atoms with Crippen LogP contribution in [0.2, 0.25) is 0 Å². The van der Waals surface area contributed by atoms with Crippen LogP contribution in [0.15, 0.2) is 18.2 Å². The van der Waals surface area contributed by atoms with Crippen molar-refractivity contribution in [1.82, 2.24) is 0 Å². The van der Waals surface area contributed by atoms with Crippen LogP contribution in [0.1, 0.15) is 17.5 Å². The normalized spacial score (nSPS) is 25.4. The second-order valence-electron chi connectivity index (χ2n) is 4.45. The van der Waals surface area contributed by atoms with Crippen molar-refractivity contribution in [1.29, 1.82) is 0 Å². The molecule has 1 aromatic carbocycles. The van der Waals surface area contributed by atoms with Crippen LogP contribution in [0.5, 0.6) is 5.75 Å². The van der Waals surface area contributed by atoms with Crippen molar-refractivity contribution in [3.05, 3.63) is 29.3 Å².